The molecule has 2 heterocycles. The van der Waals surface area contributed by atoms with Gasteiger partial charge in [-0.05, 0) is 73.6 Å². The molecule has 1 N–H and O–H groups in total. The Morgan fingerprint density at radius 3 is 2.52 bits per heavy atom. The molecule has 6 nitrogen and oxygen atoms in total. The predicted molar refractivity (Wildman–Crippen MR) is 125 cm³/mol. The highest BCUT2D eigenvalue weighted by molar-refractivity contribution is 5.79. The van der Waals surface area contributed by atoms with Crippen molar-refractivity contribution in [1.82, 2.24) is 15.1 Å². The van der Waals surface area contributed by atoms with Gasteiger partial charge in [0.15, 0.2) is 0 Å². The summed E-state index contributed by atoms with van der Waals surface area (Å²) < 4.78 is 14.5. The number of piperidine rings is 1. The summed E-state index contributed by atoms with van der Waals surface area (Å²) in [5, 5.41) is 7.78. The number of hydrogen-bond acceptors (Lipinski definition) is 4. The minimum absolute atomic E-state index is 0.0293. The van der Waals surface area contributed by atoms with Gasteiger partial charge >= 0.3 is 0 Å². The lowest BCUT2D eigenvalue weighted by Crippen LogP contribution is -2.42. The number of nitrogens with zero attached hydrogens (tertiary/aromatic N) is 3. The number of carbonyl (C=O) groups is 1. The number of hydrogen-bond donors (Lipinski definition) is 1. The number of anilines is 1. The lowest BCUT2D eigenvalue weighted by atomic mass is 9.87. The molecule has 1 aliphatic heterocycles. The van der Waals surface area contributed by atoms with Crippen molar-refractivity contribution in [3.8, 4) is 5.69 Å². The molecule has 0 bridgehead atoms. The zero-order valence-electron chi connectivity index (χ0n) is 18.4. The summed E-state index contributed by atoms with van der Waals surface area (Å²) in [5.74, 6) is 0.415. The van der Waals surface area contributed by atoms with E-state index in [2.05, 4.69) is 33.5 Å². The normalized spacial score (nSPS) is 18.6. The van der Waals surface area contributed by atoms with Crippen molar-refractivity contribution in [3.63, 3.8) is 0 Å². The van der Waals surface area contributed by atoms with Gasteiger partial charge in [-0.25, -0.2) is 4.39 Å². The number of aryl methyl sites for hydroxylation is 1. The topological polar surface area (TPSA) is 67.2 Å². The number of halogens is 1. The van der Waals surface area contributed by atoms with Crippen LogP contribution in [0, 0.1) is 11.7 Å². The van der Waals surface area contributed by atoms with Crippen molar-refractivity contribution in [2.45, 2.75) is 38.1 Å². The fraction of sp³-hybridized carbons (Fsp3) is 0.346. The van der Waals surface area contributed by atoms with Gasteiger partial charge in [0.05, 0.1) is 11.7 Å². The molecule has 3 aromatic rings. The Kier molecular flexibility index (Phi) is 5.94. The molecule has 170 valence electrons. The molecule has 1 unspecified atom stereocenters. The first-order valence-corrected chi connectivity index (χ1v) is 11.6. The number of amides is 1. The maximum Gasteiger partial charge on any atom is 0.271 e. The van der Waals surface area contributed by atoms with Crippen LogP contribution in [0.2, 0.25) is 0 Å². The molecule has 0 radical (unpaired) electrons. The minimum atomic E-state index is -0.361. The Balaban J connectivity index is 1.23. The van der Waals surface area contributed by atoms with Crippen molar-refractivity contribution in [3.05, 3.63) is 88.0 Å². The van der Waals surface area contributed by atoms with Crippen molar-refractivity contribution in [1.29, 1.82) is 0 Å². The van der Waals surface area contributed by atoms with Crippen molar-refractivity contribution >= 4 is 11.7 Å². The Morgan fingerprint density at radius 2 is 1.73 bits per heavy atom. The molecule has 1 amide bonds. The monoisotopic (exact) mass is 446 g/mol. The van der Waals surface area contributed by atoms with E-state index in [0.717, 1.165) is 32.1 Å². The average Bonchev–Trinajstić information content (AvgIpc) is 2.85. The molecular formula is C26H27FN4O2. The first-order chi connectivity index (χ1) is 16.1. The standard InChI is InChI=1S/C26H27FN4O2/c27-20-8-10-21(11-9-20)31-25(32)13-12-24(29-31)30-16-14-19(15-17-30)26(33)28-23-7-3-5-18-4-1-2-6-22(18)23/h1-2,4,6,8-13,19,23H,3,5,7,14-17H2,(H,28,33). The molecule has 0 saturated carbocycles. The Hall–Kier alpha value is -3.48. The largest absolute Gasteiger partial charge is 0.355 e. The summed E-state index contributed by atoms with van der Waals surface area (Å²) in [6, 6.07) is 17.4. The number of carbonyl (C=O) groups excluding carboxylic acids is 1. The molecule has 2 aromatic carbocycles. The Morgan fingerprint density at radius 1 is 0.970 bits per heavy atom. The third-order valence-electron chi connectivity index (χ3n) is 6.73. The highest BCUT2D eigenvalue weighted by atomic mass is 19.1. The second-order valence-electron chi connectivity index (χ2n) is 8.83. The van der Waals surface area contributed by atoms with Crippen LogP contribution in [-0.2, 0) is 11.2 Å². The van der Waals surface area contributed by atoms with Crippen LogP contribution in [0.4, 0.5) is 10.2 Å². The number of fused-ring (bicyclic) bond motifs is 1. The smallest absolute Gasteiger partial charge is 0.271 e. The molecular weight excluding hydrogens is 419 g/mol. The molecule has 1 aromatic heterocycles. The maximum absolute atomic E-state index is 13.2. The highest BCUT2D eigenvalue weighted by Crippen LogP contribution is 2.30. The molecule has 2 aliphatic rings. The van der Waals surface area contributed by atoms with E-state index in [0.29, 0.717) is 24.6 Å². The molecule has 33 heavy (non-hydrogen) atoms. The van der Waals surface area contributed by atoms with Crippen molar-refractivity contribution < 1.29 is 9.18 Å². The van der Waals surface area contributed by atoms with Crippen LogP contribution in [0.1, 0.15) is 42.9 Å². The van der Waals surface area contributed by atoms with E-state index in [-0.39, 0.29) is 29.2 Å². The second kappa shape index (κ2) is 9.17. The summed E-state index contributed by atoms with van der Waals surface area (Å²) in [5.41, 5.74) is 2.84. The van der Waals surface area contributed by atoms with Gasteiger partial charge in [0.2, 0.25) is 5.91 Å². The van der Waals surface area contributed by atoms with Crippen LogP contribution < -0.4 is 15.8 Å². The number of aromatic nitrogens is 2. The van der Waals surface area contributed by atoms with Crippen LogP contribution in [0.3, 0.4) is 0 Å². The third-order valence-corrected chi connectivity index (χ3v) is 6.73. The molecule has 7 heteroatoms. The summed E-state index contributed by atoms with van der Waals surface area (Å²) >= 11 is 0. The van der Waals surface area contributed by atoms with E-state index in [1.807, 2.05) is 6.07 Å². The van der Waals surface area contributed by atoms with Crippen LogP contribution >= 0.6 is 0 Å². The predicted octanol–water partition coefficient (Wildman–Crippen LogP) is 3.78. The van der Waals surface area contributed by atoms with Crippen LogP contribution in [0.5, 0.6) is 0 Å². The first-order valence-electron chi connectivity index (χ1n) is 11.6. The van der Waals surface area contributed by atoms with Gasteiger partial charge in [-0.2, -0.15) is 4.68 Å². The van der Waals surface area contributed by atoms with Gasteiger partial charge in [0.25, 0.3) is 5.56 Å². The Bertz CT molecular complexity index is 1200. The van der Waals surface area contributed by atoms with Gasteiger partial charge in [0.1, 0.15) is 11.6 Å². The van der Waals surface area contributed by atoms with E-state index < -0.39 is 0 Å². The van der Waals surface area contributed by atoms with E-state index in [1.54, 1.807) is 6.07 Å². The number of rotatable bonds is 4. The summed E-state index contributed by atoms with van der Waals surface area (Å²) in [7, 11) is 0. The van der Waals surface area contributed by atoms with Gasteiger partial charge in [-0.15, -0.1) is 5.10 Å². The molecule has 1 fully saturated rings. The zero-order chi connectivity index (χ0) is 22.8. The number of nitrogens with one attached hydrogen (secondary N) is 1. The van der Waals surface area contributed by atoms with E-state index >= 15 is 0 Å². The minimum Gasteiger partial charge on any atom is -0.355 e. The third kappa shape index (κ3) is 4.53. The molecule has 1 aliphatic carbocycles. The van der Waals surface area contributed by atoms with Crippen molar-refractivity contribution in [2.75, 3.05) is 18.0 Å². The Labute approximate surface area is 192 Å². The lowest BCUT2D eigenvalue weighted by Gasteiger charge is -2.34. The van der Waals surface area contributed by atoms with Crippen LogP contribution in [0.15, 0.2) is 65.5 Å². The lowest BCUT2D eigenvalue weighted by molar-refractivity contribution is -0.126. The molecule has 1 saturated heterocycles. The fourth-order valence-electron chi connectivity index (χ4n) is 4.90. The fourth-order valence-corrected chi connectivity index (χ4v) is 4.90. The van der Waals surface area contributed by atoms with Gasteiger partial charge in [-0.1, -0.05) is 24.3 Å². The van der Waals surface area contributed by atoms with Crippen LogP contribution in [-0.4, -0.2) is 28.8 Å². The SMILES string of the molecule is O=C(NC1CCCc2ccccc21)C1CCN(c2ccc(=O)n(-c3ccc(F)cc3)n2)CC1. The average molecular weight is 447 g/mol. The van der Waals surface area contributed by atoms with Gasteiger partial charge in [0, 0.05) is 25.1 Å². The quantitative estimate of drug-likeness (QED) is 0.662. The molecule has 5 rings (SSSR count). The van der Waals surface area contributed by atoms with Gasteiger partial charge < -0.3 is 10.2 Å². The zero-order valence-corrected chi connectivity index (χ0v) is 18.4. The van der Waals surface area contributed by atoms with Gasteiger partial charge in [-0.3, -0.25) is 9.59 Å². The van der Waals surface area contributed by atoms with E-state index in [9.17, 15) is 14.0 Å². The highest BCUT2D eigenvalue weighted by Gasteiger charge is 2.29. The van der Waals surface area contributed by atoms with E-state index in [1.165, 1.54) is 46.1 Å². The first kappa shape index (κ1) is 21.4. The summed E-state index contributed by atoms with van der Waals surface area (Å²) in [6.45, 7) is 1.38. The summed E-state index contributed by atoms with van der Waals surface area (Å²) in [6.07, 6.45) is 4.62. The molecule has 1 atom stereocenters. The number of benzene rings is 2. The van der Waals surface area contributed by atoms with E-state index in [4.69, 9.17) is 0 Å². The second-order valence-corrected chi connectivity index (χ2v) is 8.83. The summed E-state index contributed by atoms with van der Waals surface area (Å²) in [4.78, 5) is 27.4. The van der Waals surface area contributed by atoms with Crippen LogP contribution in [0.25, 0.3) is 5.69 Å². The van der Waals surface area contributed by atoms with Crippen molar-refractivity contribution in [2.24, 2.45) is 5.92 Å². The maximum atomic E-state index is 13.2. The molecule has 0 spiro atoms.